The third-order valence-electron chi connectivity index (χ3n) is 3.42. The van der Waals surface area contributed by atoms with Crippen LogP contribution in [0.2, 0.25) is 0 Å². The van der Waals surface area contributed by atoms with E-state index in [0.717, 1.165) is 27.8 Å². The fourth-order valence-electron chi connectivity index (χ4n) is 2.18. The van der Waals surface area contributed by atoms with E-state index in [0.29, 0.717) is 5.57 Å². The van der Waals surface area contributed by atoms with Crippen LogP contribution in [-0.2, 0) is 22.7 Å². The molecule has 0 saturated carbocycles. The molecule has 1 N–H and O–H groups in total. The number of hydrogen-bond donors (Lipinski definition) is 1. The highest BCUT2D eigenvalue weighted by molar-refractivity contribution is 5.87. The van der Waals surface area contributed by atoms with Gasteiger partial charge < -0.3 is 9.84 Å². The van der Waals surface area contributed by atoms with Crippen molar-refractivity contribution < 1.29 is 14.6 Å². The molecule has 0 aliphatic carbocycles. The molecule has 0 heterocycles. The first-order valence-electron chi connectivity index (χ1n) is 7.13. The lowest BCUT2D eigenvalue weighted by atomic mass is 9.97. The minimum atomic E-state index is -0.386. The van der Waals surface area contributed by atoms with Crippen LogP contribution < -0.4 is 0 Å². The molecule has 2 aromatic carbocycles. The number of esters is 1. The highest BCUT2D eigenvalue weighted by Gasteiger charge is 2.09. The highest BCUT2D eigenvalue weighted by atomic mass is 16.5. The molecule has 0 amide bonds. The fourth-order valence-corrected chi connectivity index (χ4v) is 2.18. The van der Waals surface area contributed by atoms with Crippen molar-refractivity contribution >= 4 is 5.97 Å². The summed E-state index contributed by atoms with van der Waals surface area (Å²) in [7, 11) is 0. The maximum absolute atomic E-state index is 11.6. The quantitative estimate of drug-likeness (QED) is 0.675. The molecule has 0 atom stereocenters. The minimum Gasteiger partial charge on any atom is -0.457 e. The average molecular weight is 296 g/mol. The van der Waals surface area contributed by atoms with Crippen LogP contribution in [0.5, 0.6) is 0 Å². The van der Waals surface area contributed by atoms with E-state index in [9.17, 15) is 4.79 Å². The Morgan fingerprint density at radius 1 is 1.18 bits per heavy atom. The second-order valence-corrected chi connectivity index (χ2v) is 5.37. The summed E-state index contributed by atoms with van der Waals surface area (Å²) in [5.74, 6) is -0.386. The lowest BCUT2D eigenvalue weighted by molar-refractivity contribution is -0.140. The zero-order chi connectivity index (χ0) is 16.1. The molecule has 0 spiro atoms. The van der Waals surface area contributed by atoms with Gasteiger partial charge in [0.05, 0.1) is 6.61 Å². The van der Waals surface area contributed by atoms with Crippen LogP contribution in [0, 0.1) is 6.92 Å². The first-order valence-corrected chi connectivity index (χ1v) is 7.13. The number of hydrogen-bond acceptors (Lipinski definition) is 3. The summed E-state index contributed by atoms with van der Waals surface area (Å²) in [6, 6.07) is 13.8. The van der Waals surface area contributed by atoms with Crippen LogP contribution in [0.4, 0.5) is 0 Å². The smallest absolute Gasteiger partial charge is 0.333 e. The van der Waals surface area contributed by atoms with Crippen LogP contribution in [-0.4, -0.2) is 11.1 Å². The molecular formula is C19H20O3. The van der Waals surface area contributed by atoms with Crippen molar-refractivity contribution in [3.8, 4) is 11.1 Å². The molecular weight excluding hydrogens is 276 g/mol. The van der Waals surface area contributed by atoms with E-state index >= 15 is 0 Å². The summed E-state index contributed by atoms with van der Waals surface area (Å²) in [6.07, 6.45) is 0. The normalized spacial score (nSPS) is 10.3. The van der Waals surface area contributed by atoms with Gasteiger partial charge in [0.1, 0.15) is 6.61 Å². The predicted molar refractivity (Wildman–Crippen MR) is 87.1 cm³/mol. The van der Waals surface area contributed by atoms with Crippen LogP contribution >= 0.6 is 0 Å². The van der Waals surface area contributed by atoms with Gasteiger partial charge in [0.25, 0.3) is 0 Å². The van der Waals surface area contributed by atoms with E-state index in [1.54, 1.807) is 6.92 Å². The molecule has 3 heteroatoms. The van der Waals surface area contributed by atoms with Crippen LogP contribution in [0.15, 0.2) is 54.6 Å². The van der Waals surface area contributed by atoms with Gasteiger partial charge in [0.2, 0.25) is 0 Å². The van der Waals surface area contributed by atoms with Gasteiger partial charge in [-0.25, -0.2) is 4.79 Å². The Morgan fingerprint density at radius 3 is 2.45 bits per heavy atom. The Hall–Kier alpha value is -2.39. The number of aliphatic hydroxyl groups excluding tert-OH is 1. The summed E-state index contributed by atoms with van der Waals surface area (Å²) < 4.78 is 5.27. The topological polar surface area (TPSA) is 46.5 Å². The number of aryl methyl sites for hydroxylation is 1. The average Bonchev–Trinajstić information content (AvgIpc) is 2.52. The summed E-state index contributed by atoms with van der Waals surface area (Å²) in [4.78, 5) is 11.6. The summed E-state index contributed by atoms with van der Waals surface area (Å²) in [5.41, 5.74) is 5.36. The lowest BCUT2D eigenvalue weighted by Crippen LogP contribution is -2.06. The maximum atomic E-state index is 11.6. The molecule has 0 saturated heterocycles. The zero-order valence-electron chi connectivity index (χ0n) is 12.9. The van der Waals surface area contributed by atoms with Crippen molar-refractivity contribution in [2.75, 3.05) is 0 Å². The standard InChI is InChI=1S/C19H20O3/c1-13(2)19(21)22-12-17-10-14(3)4-9-18(17)16-7-5-15(11-20)6-8-16/h4-10,20H,1,11-12H2,2-3H3. The molecule has 0 radical (unpaired) electrons. The molecule has 0 fully saturated rings. The highest BCUT2D eigenvalue weighted by Crippen LogP contribution is 2.26. The summed E-state index contributed by atoms with van der Waals surface area (Å²) in [5, 5.41) is 9.12. The van der Waals surface area contributed by atoms with Gasteiger partial charge >= 0.3 is 5.97 Å². The number of carbonyl (C=O) groups excluding carboxylic acids is 1. The Balaban J connectivity index is 2.30. The molecule has 2 aromatic rings. The van der Waals surface area contributed by atoms with Crippen molar-refractivity contribution in [2.45, 2.75) is 27.1 Å². The molecule has 22 heavy (non-hydrogen) atoms. The molecule has 3 nitrogen and oxygen atoms in total. The van der Waals surface area contributed by atoms with Crippen LogP contribution in [0.25, 0.3) is 11.1 Å². The van der Waals surface area contributed by atoms with Crippen molar-refractivity contribution in [3.63, 3.8) is 0 Å². The van der Waals surface area contributed by atoms with Gasteiger partial charge in [-0.05, 0) is 36.1 Å². The Bertz CT molecular complexity index is 684. The largest absolute Gasteiger partial charge is 0.457 e. The van der Waals surface area contributed by atoms with E-state index in [4.69, 9.17) is 9.84 Å². The third-order valence-corrected chi connectivity index (χ3v) is 3.42. The van der Waals surface area contributed by atoms with Crippen molar-refractivity contribution in [2.24, 2.45) is 0 Å². The van der Waals surface area contributed by atoms with Crippen LogP contribution in [0.3, 0.4) is 0 Å². The van der Waals surface area contributed by atoms with Crippen molar-refractivity contribution in [1.82, 2.24) is 0 Å². The number of ether oxygens (including phenoxy) is 1. The Kier molecular flexibility index (Phi) is 5.12. The molecule has 0 aliphatic rings. The van der Waals surface area contributed by atoms with E-state index in [-0.39, 0.29) is 19.2 Å². The molecule has 2 rings (SSSR count). The number of benzene rings is 2. The number of carbonyl (C=O) groups is 1. The lowest BCUT2D eigenvalue weighted by Gasteiger charge is -2.12. The van der Waals surface area contributed by atoms with Crippen molar-refractivity contribution in [3.05, 3.63) is 71.3 Å². The molecule has 0 aromatic heterocycles. The van der Waals surface area contributed by atoms with Gasteiger partial charge in [0.15, 0.2) is 0 Å². The Morgan fingerprint density at radius 2 is 1.86 bits per heavy atom. The second-order valence-electron chi connectivity index (χ2n) is 5.37. The summed E-state index contributed by atoms with van der Waals surface area (Å²) >= 11 is 0. The molecule has 114 valence electrons. The van der Waals surface area contributed by atoms with E-state index in [1.807, 2.05) is 49.4 Å². The molecule has 0 aliphatic heterocycles. The third kappa shape index (κ3) is 3.83. The first kappa shape index (κ1) is 16.0. The zero-order valence-corrected chi connectivity index (χ0v) is 12.9. The van der Waals surface area contributed by atoms with E-state index in [2.05, 4.69) is 6.58 Å². The maximum Gasteiger partial charge on any atom is 0.333 e. The summed E-state index contributed by atoms with van der Waals surface area (Å²) in [6.45, 7) is 7.46. The van der Waals surface area contributed by atoms with Gasteiger partial charge in [-0.1, -0.05) is 54.6 Å². The van der Waals surface area contributed by atoms with Crippen molar-refractivity contribution in [1.29, 1.82) is 0 Å². The first-order chi connectivity index (χ1) is 10.5. The number of aliphatic hydroxyl groups is 1. The van der Waals surface area contributed by atoms with Gasteiger partial charge in [-0.3, -0.25) is 0 Å². The number of rotatable bonds is 5. The van der Waals surface area contributed by atoms with E-state index < -0.39 is 0 Å². The van der Waals surface area contributed by atoms with Gasteiger partial charge in [0, 0.05) is 5.57 Å². The second kappa shape index (κ2) is 7.05. The minimum absolute atomic E-state index is 0.0251. The SMILES string of the molecule is C=C(C)C(=O)OCc1cc(C)ccc1-c1ccc(CO)cc1. The van der Waals surface area contributed by atoms with Gasteiger partial charge in [-0.15, -0.1) is 0 Å². The monoisotopic (exact) mass is 296 g/mol. The van der Waals surface area contributed by atoms with Gasteiger partial charge in [-0.2, -0.15) is 0 Å². The molecule has 0 bridgehead atoms. The predicted octanol–water partition coefficient (Wildman–Crippen LogP) is 3.77. The van der Waals surface area contributed by atoms with Crippen LogP contribution in [0.1, 0.15) is 23.6 Å². The fraction of sp³-hybridized carbons (Fsp3) is 0.211. The molecule has 0 unspecified atom stereocenters. The Labute approximate surface area is 130 Å². The van der Waals surface area contributed by atoms with E-state index in [1.165, 1.54) is 0 Å².